The van der Waals surface area contributed by atoms with E-state index in [9.17, 15) is 14.4 Å². The Morgan fingerprint density at radius 1 is 1.12 bits per heavy atom. The fraction of sp³-hybridized carbons (Fsp3) is 0.357. The van der Waals surface area contributed by atoms with Gasteiger partial charge in [-0.25, -0.2) is 14.3 Å². The number of amides is 2. The summed E-state index contributed by atoms with van der Waals surface area (Å²) in [6.07, 6.45) is 3.40. The van der Waals surface area contributed by atoms with Crippen molar-refractivity contribution in [2.45, 2.75) is 54.0 Å². The minimum atomic E-state index is -0.582. The van der Waals surface area contributed by atoms with Gasteiger partial charge in [-0.15, -0.1) is 5.10 Å². The number of nitrogens with zero attached hydrogens (tertiary/aromatic N) is 5. The van der Waals surface area contributed by atoms with Gasteiger partial charge in [0.25, 0.3) is 11.8 Å². The van der Waals surface area contributed by atoms with Gasteiger partial charge in [-0.1, -0.05) is 32.4 Å². The Balaban J connectivity index is 1.84. The number of pyridine rings is 1. The van der Waals surface area contributed by atoms with Crippen LogP contribution in [0.25, 0.3) is 16.7 Å². The Morgan fingerprint density at radius 3 is 2.48 bits per heavy atom. The molecule has 0 fully saturated rings. The zero-order valence-corrected chi connectivity index (χ0v) is 24.3. The molecule has 11 nitrogen and oxygen atoms in total. The summed E-state index contributed by atoms with van der Waals surface area (Å²) in [6.45, 7) is 11.3. The molecule has 0 unspecified atom stereocenters. The van der Waals surface area contributed by atoms with Crippen molar-refractivity contribution in [2.24, 2.45) is 5.41 Å². The molecule has 0 radical (unpaired) electrons. The first-order valence-corrected chi connectivity index (χ1v) is 13.1. The molecule has 3 heterocycles. The fourth-order valence-electron chi connectivity index (χ4n) is 4.18. The lowest BCUT2D eigenvalue weighted by Gasteiger charge is -2.17. The van der Waals surface area contributed by atoms with Gasteiger partial charge in [0.2, 0.25) is 11.8 Å². The molecule has 0 aliphatic heterocycles. The molecule has 0 saturated heterocycles. The van der Waals surface area contributed by atoms with Crippen molar-refractivity contribution in [3.8, 4) is 11.7 Å². The number of hydrogen-bond acceptors (Lipinski definition) is 7. The zero-order valence-electron chi connectivity index (χ0n) is 23.5. The number of ether oxygens (including phenoxy) is 1. The smallest absolute Gasteiger partial charge is 0.274 e. The first-order valence-electron chi connectivity index (χ1n) is 12.7. The highest BCUT2D eigenvalue weighted by Crippen LogP contribution is 2.31. The van der Waals surface area contributed by atoms with E-state index in [-0.39, 0.29) is 57.5 Å². The summed E-state index contributed by atoms with van der Waals surface area (Å²) in [4.78, 5) is 44.4. The molecule has 0 bridgehead atoms. The third kappa shape index (κ3) is 5.99. The molecule has 2 amide bonds. The molecule has 4 aromatic rings. The van der Waals surface area contributed by atoms with Gasteiger partial charge in [-0.2, -0.15) is 5.10 Å². The quantitative estimate of drug-likeness (QED) is 0.320. The number of fused-ring (bicyclic) bond motifs is 1. The van der Waals surface area contributed by atoms with Crippen molar-refractivity contribution in [1.82, 2.24) is 29.9 Å². The second-order valence-corrected chi connectivity index (χ2v) is 11.4. The maximum atomic E-state index is 13.7. The summed E-state index contributed by atoms with van der Waals surface area (Å²) in [7, 11) is 1.43. The average molecular weight is 566 g/mol. The van der Waals surface area contributed by atoms with Crippen LogP contribution in [0.4, 0.5) is 5.69 Å². The van der Waals surface area contributed by atoms with Crippen LogP contribution in [0.2, 0.25) is 5.02 Å². The molecule has 0 atom stereocenters. The van der Waals surface area contributed by atoms with Crippen molar-refractivity contribution in [2.75, 3.05) is 12.4 Å². The molecule has 0 saturated carbocycles. The van der Waals surface area contributed by atoms with Gasteiger partial charge >= 0.3 is 0 Å². The van der Waals surface area contributed by atoms with Crippen LogP contribution in [0.3, 0.4) is 0 Å². The van der Waals surface area contributed by atoms with Gasteiger partial charge in [0, 0.05) is 36.3 Å². The Bertz CT molecular complexity index is 1610. The van der Waals surface area contributed by atoms with Gasteiger partial charge in [-0.3, -0.25) is 14.4 Å². The Hall–Kier alpha value is -4.25. The van der Waals surface area contributed by atoms with Crippen LogP contribution in [-0.2, 0) is 0 Å². The summed E-state index contributed by atoms with van der Waals surface area (Å²) in [5.74, 6) is -0.815. The minimum absolute atomic E-state index is 0.0815. The molecule has 0 aliphatic rings. The summed E-state index contributed by atoms with van der Waals surface area (Å²) >= 11 is 6.33. The highest BCUT2D eigenvalue weighted by molar-refractivity contribution is 6.32. The lowest BCUT2D eigenvalue weighted by molar-refractivity contribution is 0.0839. The normalized spacial score (nSPS) is 11.6. The molecule has 4 rings (SSSR count). The van der Waals surface area contributed by atoms with Crippen LogP contribution in [0.1, 0.15) is 72.2 Å². The first-order chi connectivity index (χ1) is 18.8. The number of hydrogen-bond donors (Lipinski definition) is 2. The van der Waals surface area contributed by atoms with Gasteiger partial charge in [0.05, 0.1) is 23.4 Å². The summed E-state index contributed by atoms with van der Waals surface area (Å²) < 4.78 is 7.79. The molecule has 1 aromatic carbocycles. The van der Waals surface area contributed by atoms with E-state index in [0.717, 1.165) is 0 Å². The maximum absolute atomic E-state index is 13.7. The van der Waals surface area contributed by atoms with Crippen molar-refractivity contribution >= 4 is 45.9 Å². The number of carbonyl (C=O) groups is 3. The topological polar surface area (TPSA) is 133 Å². The van der Waals surface area contributed by atoms with E-state index >= 15 is 0 Å². The Kier molecular flexibility index (Phi) is 7.97. The van der Waals surface area contributed by atoms with Crippen molar-refractivity contribution < 1.29 is 19.1 Å². The highest BCUT2D eigenvalue weighted by Gasteiger charge is 2.27. The molecule has 3 aromatic heterocycles. The standard InChI is InChI=1S/C28H32ClN7O4/c1-15(2)31-27(39)22-23(16(3)11-17-14-35(34-24(17)22)21(37)13-28(4,5)6)32-26(38)19-12-20(40-7)33-36(19)25-18(29)9-8-10-30-25/h8-12,14-15H,13H2,1-7H3,(H,31,39)(H,32,38). The number of halogens is 1. The Morgan fingerprint density at radius 2 is 1.85 bits per heavy atom. The highest BCUT2D eigenvalue weighted by atomic mass is 35.5. The van der Waals surface area contributed by atoms with Gasteiger partial charge in [0.1, 0.15) is 11.2 Å². The number of benzene rings is 1. The molecule has 12 heteroatoms. The minimum Gasteiger partial charge on any atom is -0.480 e. The monoisotopic (exact) mass is 565 g/mol. The molecule has 0 aliphatic carbocycles. The second-order valence-electron chi connectivity index (χ2n) is 11.0. The maximum Gasteiger partial charge on any atom is 0.274 e. The molecule has 40 heavy (non-hydrogen) atoms. The van der Waals surface area contributed by atoms with Crippen LogP contribution in [0, 0.1) is 12.3 Å². The molecule has 0 spiro atoms. The van der Waals surface area contributed by atoms with Crippen LogP contribution in [-0.4, -0.2) is 55.4 Å². The van der Waals surface area contributed by atoms with Crippen molar-refractivity contribution in [1.29, 1.82) is 0 Å². The van der Waals surface area contributed by atoms with E-state index in [1.54, 1.807) is 31.3 Å². The molecule has 2 N–H and O–H groups in total. The van der Waals surface area contributed by atoms with Crippen LogP contribution < -0.4 is 15.4 Å². The van der Waals surface area contributed by atoms with E-state index in [1.165, 1.54) is 28.7 Å². The van der Waals surface area contributed by atoms with Crippen LogP contribution >= 0.6 is 11.6 Å². The zero-order chi connectivity index (χ0) is 29.4. The predicted molar refractivity (Wildman–Crippen MR) is 153 cm³/mol. The average Bonchev–Trinajstić information content (AvgIpc) is 3.47. The predicted octanol–water partition coefficient (Wildman–Crippen LogP) is 5.05. The van der Waals surface area contributed by atoms with E-state index < -0.39 is 11.8 Å². The lowest BCUT2D eigenvalue weighted by atomic mass is 9.92. The molecular weight excluding hydrogens is 534 g/mol. The summed E-state index contributed by atoms with van der Waals surface area (Å²) in [5.41, 5.74) is 1.13. The third-order valence-electron chi connectivity index (χ3n) is 5.89. The number of nitrogens with one attached hydrogen (secondary N) is 2. The van der Waals surface area contributed by atoms with E-state index in [1.807, 2.05) is 34.6 Å². The summed E-state index contributed by atoms with van der Waals surface area (Å²) in [5, 5.41) is 15.4. The van der Waals surface area contributed by atoms with E-state index in [0.29, 0.717) is 16.5 Å². The van der Waals surface area contributed by atoms with Gasteiger partial charge < -0.3 is 15.4 Å². The molecular formula is C28H32ClN7O4. The number of aromatic nitrogens is 5. The third-order valence-corrected chi connectivity index (χ3v) is 6.18. The second kappa shape index (κ2) is 11.1. The molecule has 210 valence electrons. The van der Waals surface area contributed by atoms with Crippen LogP contribution in [0.5, 0.6) is 5.88 Å². The van der Waals surface area contributed by atoms with Crippen molar-refractivity contribution in [3.05, 3.63) is 58.5 Å². The first kappa shape index (κ1) is 28.8. The number of anilines is 1. The largest absolute Gasteiger partial charge is 0.480 e. The lowest BCUT2D eigenvalue weighted by Crippen LogP contribution is -2.31. The van der Waals surface area contributed by atoms with E-state index in [2.05, 4.69) is 25.8 Å². The fourth-order valence-corrected chi connectivity index (χ4v) is 4.38. The van der Waals surface area contributed by atoms with Gasteiger partial charge in [0.15, 0.2) is 5.82 Å². The number of methoxy groups -OCH3 is 1. The SMILES string of the molecule is COc1cc(C(=O)Nc2c(C)cc3cn(C(=O)CC(C)(C)C)nc3c2C(=O)NC(C)C)n(-c2ncccc2Cl)n1. The number of aryl methyl sites for hydroxylation is 1. The van der Waals surface area contributed by atoms with E-state index in [4.69, 9.17) is 16.3 Å². The van der Waals surface area contributed by atoms with Crippen molar-refractivity contribution in [3.63, 3.8) is 0 Å². The van der Waals surface area contributed by atoms with Crippen LogP contribution in [0.15, 0.2) is 36.7 Å². The Labute approximate surface area is 236 Å². The van der Waals surface area contributed by atoms with Gasteiger partial charge in [-0.05, 0) is 49.9 Å². The number of rotatable bonds is 7. The number of carbonyl (C=O) groups excluding carboxylic acids is 3. The summed E-state index contributed by atoms with van der Waals surface area (Å²) in [6, 6.07) is 6.33.